The van der Waals surface area contributed by atoms with Crippen LogP contribution in [0.1, 0.15) is 15.9 Å². The minimum Gasteiger partial charge on any atom is -0.488 e. The van der Waals surface area contributed by atoms with Gasteiger partial charge in [-0.1, -0.05) is 29.8 Å². The Morgan fingerprint density at radius 3 is 2.86 bits per heavy atom. The van der Waals surface area contributed by atoms with E-state index in [2.05, 4.69) is 0 Å². The molecule has 3 rings (SSSR count). The number of aromatic carboxylic acids is 1. The molecule has 0 amide bonds. The van der Waals surface area contributed by atoms with Gasteiger partial charge in [0.25, 0.3) is 0 Å². The minimum absolute atomic E-state index is 0.110. The first-order valence-electron chi connectivity index (χ1n) is 6.26. The van der Waals surface area contributed by atoms with Crippen molar-refractivity contribution < 1.29 is 14.6 Å². The molecule has 21 heavy (non-hydrogen) atoms. The lowest BCUT2D eigenvalue weighted by Crippen LogP contribution is -2.03. The Kier molecular flexibility index (Phi) is 3.82. The molecule has 5 heteroatoms. The number of fused-ring (bicyclic) bond motifs is 1. The van der Waals surface area contributed by atoms with Gasteiger partial charge in [0.2, 0.25) is 0 Å². The Hall–Kier alpha value is -2.04. The van der Waals surface area contributed by atoms with E-state index in [1.54, 1.807) is 11.3 Å². The van der Waals surface area contributed by atoms with Crippen molar-refractivity contribution in [2.45, 2.75) is 6.61 Å². The maximum Gasteiger partial charge on any atom is 0.339 e. The predicted molar refractivity (Wildman–Crippen MR) is 84.6 cm³/mol. The molecule has 106 valence electrons. The Bertz CT molecular complexity index is 810. The van der Waals surface area contributed by atoms with E-state index in [0.717, 1.165) is 10.9 Å². The second kappa shape index (κ2) is 5.76. The van der Waals surface area contributed by atoms with Gasteiger partial charge < -0.3 is 9.84 Å². The number of rotatable bonds is 4. The highest BCUT2D eigenvalue weighted by molar-refractivity contribution is 7.17. The molecule has 0 spiro atoms. The Labute approximate surface area is 130 Å². The highest BCUT2D eigenvalue weighted by Crippen LogP contribution is 2.28. The smallest absolute Gasteiger partial charge is 0.339 e. The van der Waals surface area contributed by atoms with Crippen molar-refractivity contribution in [3.05, 3.63) is 64.0 Å². The first kappa shape index (κ1) is 13.9. The van der Waals surface area contributed by atoms with Crippen LogP contribution >= 0.6 is 22.9 Å². The molecule has 2 aromatic carbocycles. The fraction of sp³-hybridized carbons (Fsp3) is 0.0625. The van der Waals surface area contributed by atoms with Crippen LogP contribution in [0.2, 0.25) is 5.02 Å². The molecule has 0 unspecified atom stereocenters. The molecule has 3 nitrogen and oxygen atoms in total. The standard InChI is InChI=1S/C16H11ClO3S/c17-11-5-6-13(16(18)19)14(7-11)20-8-10-9-21-15-4-2-1-3-12(10)15/h1-7,9H,8H2,(H,18,19). The van der Waals surface area contributed by atoms with Crippen molar-refractivity contribution in [2.75, 3.05) is 0 Å². The summed E-state index contributed by atoms with van der Waals surface area (Å²) >= 11 is 7.55. The molecule has 0 radical (unpaired) electrons. The van der Waals surface area contributed by atoms with Crippen LogP contribution in [-0.4, -0.2) is 11.1 Å². The zero-order chi connectivity index (χ0) is 14.8. The van der Waals surface area contributed by atoms with Gasteiger partial charge in [-0.2, -0.15) is 0 Å². The third-order valence-electron chi connectivity index (χ3n) is 3.12. The maximum absolute atomic E-state index is 11.2. The van der Waals surface area contributed by atoms with Gasteiger partial charge >= 0.3 is 5.97 Å². The summed E-state index contributed by atoms with van der Waals surface area (Å²) < 4.78 is 6.85. The maximum atomic E-state index is 11.2. The van der Waals surface area contributed by atoms with Gasteiger partial charge in [-0.3, -0.25) is 0 Å². The lowest BCUT2D eigenvalue weighted by atomic mass is 10.2. The van der Waals surface area contributed by atoms with Crippen LogP contribution in [0.25, 0.3) is 10.1 Å². The average Bonchev–Trinajstić information content (AvgIpc) is 2.88. The van der Waals surface area contributed by atoms with Crippen LogP contribution in [0, 0.1) is 0 Å². The Balaban J connectivity index is 1.88. The normalized spacial score (nSPS) is 10.7. The number of carboxylic acids is 1. The molecule has 0 saturated heterocycles. The third-order valence-corrected chi connectivity index (χ3v) is 4.37. The average molecular weight is 319 g/mol. The lowest BCUT2D eigenvalue weighted by Gasteiger charge is -2.09. The summed E-state index contributed by atoms with van der Waals surface area (Å²) in [5.41, 5.74) is 1.14. The van der Waals surface area contributed by atoms with Crippen molar-refractivity contribution in [3.63, 3.8) is 0 Å². The van der Waals surface area contributed by atoms with Gasteiger partial charge in [0.1, 0.15) is 17.9 Å². The van der Waals surface area contributed by atoms with E-state index in [0.29, 0.717) is 11.6 Å². The third kappa shape index (κ3) is 2.86. The number of carboxylic acid groups (broad SMARTS) is 1. The molecular formula is C16H11ClO3S. The molecular weight excluding hydrogens is 308 g/mol. The zero-order valence-electron chi connectivity index (χ0n) is 10.9. The molecule has 0 aliphatic heterocycles. The highest BCUT2D eigenvalue weighted by atomic mass is 35.5. The van der Waals surface area contributed by atoms with Gasteiger partial charge in [0, 0.05) is 15.3 Å². The van der Waals surface area contributed by atoms with E-state index in [4.69, 9.17) is 21.4 Å². The van der Waals surface area contributed by atoms with Crippen LogP contribution in [0.3, 0.4) is 0 Å². The second-order valence-corrected chi connectivity index (χ2v) is 5.84. The van der Waals surface area contributed by atoms with Gasteiger partial charge in [-0.05, 0) is 35.0 Å². The number of carbonyl (C=O) groups is 1. The second-order valence-electron chi connectivity index (χ2n) is 4.49. The molecule has 0 saturated carbocycles. The number of ether oxygens (including phenoxy) is 1. The van der Waals surface area contributed by atoms with Crippen molar-refractivity contribution in [2.24, 2.45) is 0 Å². The summed E-state index contributed by atoms with van der Waals surface area (Å²) in [6.45, 7) is 0.310. The van der Waals surface area contributed by atoms with Gasteiger partial charge in [0.05, 0.1) is 0 Å². The van der Waals surface area contributed by atoms with Crippen molar-refractivity contribution in [1.29, 1.82) is 0 Å². The largest absolute Gasteiger partial charge is 0.488 e. The van der Waals surface area contributed by atoms with E-state index < -0.39 is 5.97 Å². The van der Waals surface area contributed by atoms with Crippen LogP contribution in [0.5, 0.6) is 5.75 Å². The minimum atomic E-state index is -1.03. The topological polar surface area (TPSA) is 46.5 Å². The van der Waals surface area contributed by atoms with E-state index in [-0.39, 0.29) is 11.3 Å². The summed E-state index contributed by atoms with van der Waals surface area (Å²) in [4.78, 5) is 11.2. The monoisotopic (exact) mass is 318 g/mol. The molecule has 0 bridgehead atoms. The molecule has 0 atom stereocenters. The number of halogens is 1. The molecule has 1 aromatic heterocycles. The first-order valence-corrected chi connectivity index (χ1v) is 7.51. The Morgan fingerprint density at radius 1 is 1.24 bits per heavy atom. The number of hydrogen-bond donors (Lipinski definition) is 1. The quantitative estimate of drug-likeness (QED) is 0.749. The van der Waals surface area contributed by atoms with Crippen molar-refractivity contribution in [1.82, 2.24) is 0 Å². The van der Waals surface area contributed by atoms with Crippen molar-refractivity contribution in [3.8, 4) is 5.75 Å². The molecule has 1 N–H and O–H groups in total. The number of benzene rings is 2. The van der Waals surface area contributed by atoms with Crippen LogP contribution in [0.15, 0.2) is 47.8 Å². The van der Waals surface area contributed by atoms with E-state index in [9.17, 15) is 4.79 Å². The molecule has 0 aliphatic rings. The Morgan fingerprint density at radius 2 is 2.05 bits per heavy atom. The van der Waals surface area contributed by atoms with E-state index >= 15 is 0 Å². The summed E-state index contributed by atoms with van der Waals surface area (Å²) in [5.74, 6) is -0.748. The summed E-state index contributed by atoms with van der Waals surface area (Å²) in [5, 5.41) is 12.8. The summed E-state index contributed by atoms with van der Waals surface area (Å²) in [7, 11) is 0. The zero-order valence-corrected chi connectivity index (χ0v) is 12.4. The molecule has 1 heterocycles. The summed E-state index contributed by atoms with van der Waals surface area (Å²) in [6, 6.07) is 12.6. The number of hydrogen-bond acceptors (Lipinski definition) is 3. The SMILES string of the molecule is O=C(O)c1ccc(Cl)cc1OCc1csc2ccccc12. The van der Waals surface area contributed by atoms with Crippen LogP contribution < -0.4 is 4.74 Å². The molecule has 0 aliphatic carbocycles. The van der Waals surface area contributed by atoms with Gasteiger partial charge in [0.15, 0.2) is 0 Å². The summed E-state index contributed by atoms with van der Waals surface area (Å²) in [6.07, 6.45) is 0. The predicted octanol–water partition coefficient (Wildman–Crippen LogP) is 4.83. The molecule has 0 fully saturated rings. The van der Waals surface area contributed by atoms with Crippen LogP contribution in [0.4, 0.5) is 0 Å². The molecule has 3 aromatic rings. The highest BCUT2D eigenvalue weighted by Gasteiger charge is 2.13. The number of thiophene rings is 1. The van der Waals surface area contributed by atoms with Gasteiger partial charge in [-0.25, -0.2) is 4.79 Å². The fourth-order valence-corrected chi connectivity index (χ4v) is 3.20. The lowest BCUT2D eigenvalue weighted by molar-refractivity contribution is 0.0692. The van der Waals surface area contributed by atoms with Gasteiger partial charge in [-0.15, -0.1) is 11.3 Å². The first-order chi connectivity index (χ1) is 10.1. The fourth-order valence-electron chi connectivity index (χ4n) is 2.09. The van der Waals surface area contributed by atoms with Crippen molar-refractivity contribution >= 4 is 39.0 Å². The van der Waals surface area contributed by atoms with Crippen LogP contribution in [-0.2, 0) is 6.61 Å². The van der Waals surface area contributed by atoms with E-state index in [1.807, 2.05) is 29.6 Å². The van der Waals surface area contributed by atoms with E-state index in [1.165, 1.54) is 22.9 Å².